The van der Waals surface area contributed by atoms with Gasteiger partial charge in [-0.15, -0.1) is 0 Å². The summed E-state index contributed by atoms with van der Waals surface area (Å²) in [6.07, 6.45) is 3.46. The van der Waals surface area contributed by atoms with E-state index in [4.69, 9.17) is 5.73 Å². The number of hydrogen-bond acceptors (Lipinski definition) is 7. The molecule has 214 valence electrons. The number of nitrogens with one attached hydrogen (secondary N) is 3. The molecule has 4 rings (SSSR count). The zero-order valence-corrected chi connectivity index (χ0v) is 24.0. The second-order valence-electron chi connectivity index (χ2n) is 10.5. The van der Waals surface area contributed by atoms with Crippen LogP contribution in [0.3, 0.4) is 0 Å². The van der Waals surface area contributed by atoms with Gasteiger partial charge in [0.2, 0.25) is 17.8 Å². The van der Waals surface area contributed by atoms with Crippen LogP contribution in [0.2, 0.25) is 0 Å². The summed E-state index contributed by atoms with van der Waals surface area (Å²) in [5.41, 5.74) is 11.1. The van der Waals surface area contributed by atoms with E-state index < -0.39 is 6.04 Å². The van der Waals surface area contributed by atoms with Crippen molar-refractivity contribution in [2.75, 3.05) is 32.8 Å². The van der Waals surface area contributed by atoms with Gasteiger partial charge in [0.1, 0.15) is 5.82 Å². The third kappa shape index (κ3) is 6.69. The summed E-state index contributed by atoms with van der Waals surface area (Å²) in [6.45, 7) is 11.6. The molecular formula is C30H36N8O3. The number of aromatic nitrogens is 2. The fraction of sp³-hybridized carbons (Fsp3) is 0.300. The Labute approximate surface area is 239 Å². The van der Waals surface area contributed by atoms with Crippen LogP contribution in [0, 0.1) is 19.8 Å². The smallest absolute Gasteiger partial charge is 0.325 e. The van der Waals surface area contributed by atoms with Crippen LogP contribution in [0.15, 0.2) is 55.3 Å². The fourth-order valence-corrected chi connectivity index (χ4v) is 4.53. The van der Waals surface area contributed by atoms with E-state index in [1.165, 1.54) is 11.0 Å². The first-order valence-electron chi connectivity index (χ1n) is 13.4. The molecule has 1 aliphatic heterocycles. The van der Waals surface area contributed by atoms with E-state index in [1.54, 1.807) is 36.3 Å². The molecule has 41 heavy (non-hydrogen) atoms. The molecule has 0 saturated carbocycles. The number of rotatable bonds is 9. The Hall–Kier alpha value is -4.77. The largest absolute Gasteiger partial charge is 0.330 e. The second kappa shape index (κ2) is 12.2. The number of urea groups is 1. The van der Waals surface area contributed by atoms with Crippen molar-refractivity contribution in [3.8, 4) is 0 Å². The molecule has 5 N–H and O–H groups in total. The van der Waals surface area contributed by atoms with Crippen molar-refractivity contribution in [2.24, 2.45) is 11.7 Å². The van der Waals surface area contributed by atoms with Crippen molar-refractivity contribution in [1.82, 2.24) is 9.97 Å². The van der Waals surface area contributed by atoms with Gasteiger partial charge in [-0.3, -0.25) is 19.4 Å². The molecule has 0 bridgehead atoms. The van der Waals surface area contributed by atoms with Crippen LogP contribution < -0.4 is 31.5 Å². The minimum Gasteiger partial charge on any atom is -0.325 e. The normalized spacial score (nSPS) is 13.5. The highest BCUT2D eigenvalue weighted by Gasteiger charge is 2.31. The van der Waals surface area contributed by atoms with Crippen molar-refractivity contribution < 1.29 is 14.4 Å². The summed E-state index contributed by atoms with van der Waals surface area (Å²) >= 11 is 0. The van der Waals surface area contributed by atoms with Gasteiger partial charge in [0.05, 0.1) is 18.3 Å². The maximum atomic E-state index is 13.5. The summed E-state index contributed by atoms with van der Waals surface area (Å²) in [5.74, 6) is 0.511. The quantitative estimate of drug-likeness (QED) is 0.276. The zero-order valence-electron chi connectivity index (χ0n) is 24.0. The lowest BCUT2D eigenvalue weighted by molar-refractivity contribution is -0.117. The maximum Gasteiger partial charge on any atom is 0.330 e. The highest BCUT2D eigenvalue weighted by atomic mass is 16.2. The third-order valence-corrected chi connectivity index (χ3v) is 6.77. The number of carbonyl (C=O) groups excluding carboxylic acids is 3. The lowest BCUT2D eigenvalue weighted by atomic mass is 10.0. The minimum atomic E-state index is -0.619. The highest BCUT2D eigenvalue weighted by molar-refractivity contribution is 6.06. The van der Waals surface area contributed by atoms with E-state index in [-0.39, 0.29) is 24.4 Å². The van der Waals surface area contributed by atoms with Crippen molar-refractivity contribution in [3.63, 3.8) is 0 Å². The monoisotopic (exact) mass is 556 g/mol. The van der Waals surface area contributed by atoms with Gasteiger partial charge in [-0.2, -0.15) is 4.98 Å². The van der Waals surface area contributed by atoms with Gasteiger partial charge in [-0.05, 0) is 67.7 Å². The molecule has 1 aromatic heterocycles. The van der Waals surface area contributed by atoms with Crippen LogP contribution in [-0.2, 0) is 16.1 Å². The summed E-state index contributed by atoms with van der Waals surface area (Å²) in [4.78, 5) is 50.0. The number of carbonyl (C=O) groups is 3. The molecule has 1 unspecified atom stereocenters. The predicted octanol–water partition coefficient (Wildman–Crippen LogP) is 4.85. The van der Waals surface area contributed by atoms with Crippen LogP contribution in [0.25, 0.3) is 0 Å². The van der Waals surface area contributed by atoms with E-state index in [1.807, 2.05) is 45.9 Å². The Bertz CT molecular complexity index is 1500. The van der Waals surface area contributed by atoms with E-state index in [2.05, 4.69) is 32.5 Å². The molecule has 0 aliphatic carbocycles. The molecule has 1 atom stereocenters. The first-order chi connectivity index (χ1) is 19.5. The number of benzene rings is 2. The Morgan fingerprint density at radius 1 is 1.10 bits per heavy atom. The molecule has 0 spiro atoms. The maximum absolute atomic E-state index is 13.5. The third-order valence-electron chi connectivity index (χ3n) is 6.77. The van der Waals surface area contributed by atoms with Gasteiger partial charge >= 0.3 is 6.03 Å². The Kier molecular flexibility index (Phi) is 8.68. The average Bonchev–Trinajstić information content (AvgIpc) is 2.93. The van der Waals surface area contributed by atoms with Gasteiger partial charge < -0.3 is 21.7 Å². The Balaban J connectivity index is 1.55. The highest BCUT2D eigenvalue weighted by Crippen LogP contribution is 2.33. The summed E-state index contributed by atoms with van der Waals surface area (Å²) in [7, 11) is 1.66. The van der Waals surface area contributed by atoms with Crippen LogP contribution >= 0.6 is 0 Å². The minimum absolute atomic E-state index is 0.256. The molecule has 2 aromatic carbocycles. The lowest BCUT2D eigenvalue weighted by Crippen LogP contribution is -2.46. The molecular weight excluding hydrogens is 520 g/mol. The topological polar surface area (TPSA) is 146 Å². The van der Waals surface area contributed by atoms with E-state index in [9.17, 15) is 14.4 Å². The number of fused-ring (bicyclic) bond motifs is 1. The molecule has 3 aromatic rings. The summed E-state index contributed by atoms with van der Waals surface area (Å²) < 4.78 is 0. The van der Waals surface area contributed by atoms with E-state index in [0.717, 1.165) is 16.7 Å². The average molecular weight is 557 g/mol. The Morgan fingerprint density at radius 2 is 1.80 bits per heavy atom. The summed E-state index contributed by atoms with van der Waals surface area (Å²) in [5, 5.41) is 8.79. The van der Waals surface area contributed by atoms with Crippen LogP contribution in [0.4, 0.5) is 39.3 Å². The molecule has 4 amide bonds. The molecule has 0 radical (unpaired) electrons. The van der Waals surface area contributed by atoms with Crippen molar-refractivity contribution in [1.29, 1.82) is 0 Å². The first kappa shape index (κ1) is 29.2. The SMILES string of the molecule is C=CC(=O)Nc1cc(Nc2ncc3c(n2)N(C)C(=O)N(c2cc(NC(=O)C(N)CC(C)C)ccc2C)C3)ccc1C. The van der Waals surface area contributed by atoms with Crippen molar-refractivity contribution in [3.05, 3.63) is 71.9 Å². The standard InChI is InChI=1S/C30H36N8O3/c1-7-26(39)35-24-13-21(10-8-18(24)4)34-29-32-15-20-16-38(30(41)37(6)27(20)36-29)25-14-22(11-9-19(25)5)33-28(40)23(31)12-17(2)3/h7-11,13-15,17,23H,1,12,16,31H2,2-6H3,(H,33,40)(H,35,39)(H,32,34,36). The van der Waals surface area contributed by atoms with Crippen LogP contribution in [0.5, 0.6) is 0 Å². The number of anilines is 6. The number of nitrogens with zero attached hydrogens (tertiary/aromatic N) is 4. The summed E-state index contributed by atoms with van der Waals surface area (Å²) in [6, 6.07) is 10.0. The first-order valence-corrected chi connectivity index (χ1v) is 13.4. The van der Waals surface area contributed by atoms with Gasteiger partial charge in [-0.25, -0.2) is 9.78 Å². The molecule has 0 saturated heterocycles. The van der Waals surface area contributed by atoms with Gasteiger partial charge in [0, 0.05) is 35.9 Å². The molecule has 2 heterocycles. The van der Waals surface area contributed by atoms with Gasteiger partial charge in [0.25, 0.3) is 0 Å². The number of hydrogen-bond donors (Lipinski definition) is 4. The van der Waals surface area contributed by atoms with Gasteiger partial charge in [0.15, 0.2) is 0 Å². The Morgan fingerprint density at radius 3 is 2.51 bits per heavy atom. The number of aryl methyl sites for hydroxylation is 2. The molecule has 0 fully saturated rings. The van der Waals surface area contributed by atoms with Crippen LogP contribution in [-0.4, -0.2) is 40.9 Å². The van der Waals surface area contributed by atoms with Gasteiger partial charge in [-0.1, -0.05) is 32.6 Å². The molecule has 11 heteroatoms. The van der Waals surface area contributed by atoms with Crippen LogP contribution in [0.1, 0.15) is 37.0 Å². The number of amides is 4. The van der Waals surface area contributed by atoms with E-state index in [0.29, 0.717) is 46.9 Å². The van der Waals surface area contributed by atoms with E-state index >= 15 is 0 Å². The lowest BCUT2D eigenvalue weighted by Gasteiger charge is -2.35. The predicted molar refractivity (Wildman–Crippen MR) is 163 cm³/mol. The second-order valence-corrected chi connectivity index (χ2v) is 10.5. The van der Waals surface area contributed by atoms with Crippen molar-refractivity contribution in [2.45, 2.75) is 46.7 Å². The fourth-order valence-electron chi connectivity index (χ4n) is 4.53. The molecule has 1 aliphatic rings. The molecule has 11 nitrogen and oxygen atoms in total. The zero-order chi connectivity index (χ0) is 29.8. The number of nitrogens with two attached hydrogens (primary N) is 1. The van der Waals surface area contributed by atoms with Crippen molar-refractivity contribution >= 4 is 52.4 Å².